The monoisotopic (exact) mass is 428 g/mol. The Bertz CT molecular complexity index is 944. The van der Waals surface area contributed by atoms with Crippen LogP contribution in [-0.2, 0) is 9.53 Å². The SMILES string of the molecule is COCCNC(=O)[C@H]1c2cc(OC)c(OC)cc2C(=O)N(C)[C@H]1c1ccc(OC)cc1. The second kappa shape index (κ2) is 9.70. The van der Waals surface area contributed by atoms with Gasteiger partial charge in [-0.3, -0.25) is 9.59 Å². The summed E-state index contributed by atoms with van der Waals surface area (Å²) in [7, 11) is 7.90. The number of hydrogen-bond donors (Lipinski definition) is 1. The summed E-state index contributed by atoms with van der Waals surface area (Å²) >= 11 is 0. The van der Waals surface area contributed by atoms with Gasteiger partial charge in [0.05, 0.1) is 39.9 Å². The Morgan fingerprint density at radius 3 is 2.23 bits per heavy atom. The molecule has 31 heavy (non-hydrogen) atoms. The molecule has 1 aliphatic rings. The van der Waals surface area contributed by atoms with Crippen molar-refractivity contribution in [2.24, 2.45) is 0 Å². The normalized spacial score (nSPS) is 17.7. The van der Waals surface area contributed by atoms with Crippen molar-refractivity contribution in [3.8, 4) is 17.2 Å². The third-order valence-corrected chi connectivity index (χ3v) is 5.52. The number of benzene rings is 2. The van der Waals surface area contributed by atoms with Crippen LogP contribution in [0.15, 0.2) is 36.4 Å². The Morgan fingerprint density at radius 2 is 1.65 bits per heavy atom. The molecule has 0 bridgehead atoms. The van der Waals surface area contributed by atoms with E-state index in [0.717, 1.165) is 5.56 Å². The topological polar surface area (TPSA) is 86.3 Å². The number of nitrogens with zero attached hydrogens (tertiary/aromatic N) is 1. The number of amides is 2. The van der Waals surface area contributed by atoms with Crippen molar-refractivity contribution in [3.05, 3.63) is 53.1 Å². The predicted octanol–water partition coefficient (Wildman–Crippen LogP) is 2.39. The van der Waals surface area contributed by atoms with Gasteiger partial charge < -0.3 is 29.2 Å². The summed E-state index contributed by atoms with van der Waals surface area (Å²) in [5.74, 6) is 0.541. The highest BCUT2D eigenvalue weighted by Crippen LogP contribution is 2.45. The number of fused-ring (bicyclic) bond motifs is 1. The highest BCUT2D eigenvalue weighted by Gasteiger charge is 2.43. The van der Waals surface area contributed by atoms with E-state index < -0.39 is 12.0 Å². The molecule has 0 saturated heterocycles. The second-order valence-corrected chi connectivity index (χ2v) is 7.19. The first-order valence-corrected chi connectivity index (χ1v) is 9.90. The lowest BCUT2D eigenvalue weighted by atomic mass is 9.79. The molecule has 2 aromatic rings. The van der Waals surface area contributed by atoms with Crippen LogP contribution >= 0.6 is 0 Å². The van der Waals surface area contributed by atoms with Crippen molar-refractivity contribution >= 4 is 11.8 Å². The highest BCUT2D eigenvalue weighted by molar-refractivity contribution is 6.02. The predicted molar refractivity (Wildman–Crippen MR) is 115 cm³/mol. The average Bonchev–Trinajstić information content (AvgIpc) is 2.80. The molecule has 0 fully saturated rings. The van der Waals surface area contributed by atoms with E-state index in [1.165, 1.54) is 14.2 Å². The molecule has 2 atom stereocenters. The van der Waals surface area contributed by atoms with Crippen molar-refractivity contribution in [1.29, 1.82) is 0 Å². The summed E-state index contributed by atoms with van der Waals surface area (Å²) in [6.07, 6.45) is 0. The van der Waals surface area contributed by atoms with Gasteiger partial charge in [0.2, 0.25) is 5.91 Å². The lowest BCUT2D eigenvalue weighted by Crippen LogP contribution is -2.46. The molecule has 0 aliphatic carbocycles. The standard InChI is InChI=1S/C23H28N2O6/c1-25-21(14-6-8-15(29-3)9-7-14)20(22(26)24-10-11-28-2)16-12-18(30-4)19(31-5)13-17(16)23(25)27/h6-9,12-13,20-21H,10-11H2,1-5H3,(H,24,26)/t20-,21-/m0/s1. The van der Waals surface area contributed by atoms with E-state index >= 15 is 0 Å². The van der Waals surface area contributed by atoms with Gasteiger partial charge in [-0.15, -0.1) is 0 Å². The maximum atomic E-state index is 13.3. The zero-order valence-electron chi connectivity index (χ0n) is 18.4. The summed E-state index contributed by atoms with van der Waals surface area (Å²) < 4.78 is 21.1. The Hall–Kier alpha value is -3.26. The van der Waals surface area contributed by atoms with Gasteiger partial charge in [-0.1, -0.05) is 12.1 Å². The van der Waals surface area contributed by atoms with Crippen molar-refractivity contribution < 1.29 is 28.5 Å². The van der Waals surface area contributed by atoms with Crippen molar-refractivity contribution in [3.63, 3.8) is 0 Å². The van der Waals surface area contributed by atoms with Crippen LogP contribution in [0.4, 0.5) is 0 Å². The molecule has 0 aromatic heterocycles. The molecule has 0 unspecified atom stereocenters. The van der Waals surface area contributed by atoms with E-state index in [1.54, 1.807) is 38.3 Å². The Balaban J connectivity index is 2.15. The first-order chi connectivity index (χ1) is 15.0. The van der Waals surface area contributed by atoms with E-state index in [-0.39, 0.29) is 11.8 Å². The van der Waals surface area contributed by atoms with E-state index in [9.17, 15) is 9.59 Å². The highest BCUT2D eigenvalue weighted by atomic mass is 16.5. The van der Waals surface area contributed by atoms with Crippen LogP contribution in [0.1, 0.15) is 33.4 Å². The molecule has 8 nitrogen and oxygen atoms in total. The summed E-state index contributed by atoms with van der Waals surface area (Å²) in [5, 5.41) is 2.92. The van der Waals surface area contributed by atoms with E-state index in [4.69, 9.17) is 18.9 Å². The first kappa shape index (κ1) is 22.4. The minimum atomic E-state index is -0.650. The minimum Gasteiger partial charge on any atom is -0.497 e. The summed E-state index contributed by atoms with van der Waals surface area (Å²) in [6, 6.07) is 10.2. The van der Waals surface area contributed by atoms with E-state index in [2.05, 4.69) is 5.32 Å². The average molecular weight is 428 g/mol. The van der Waals surface area contributed by atoms with Gasteiger partial charge >= 0.3 is 0 Å². The van der Waals surface area contributed by atoms with Gasteiger partial charge in [-0.2, -0.15) is 0 Å². The molecule has 1 aliphatic heterocycles. The fourth-order valence-corrected chi connectivity index (χ4v) is 3.94. The molecule has 8 heteroatoms. The summed E-state index contributed by atoms with van der Waals surface area (Å²) in [6.45, 7) is 0.751. The van der Waals surface area contributed by atoms with E-state index in [1.807, 2.05) is 24.3 Å². The number of likely N-dealkylation sites (N-methyl/N-ethyl adjacent to an activating group) is 1. The van der Waals surface area contributed by atoms with Gasteiger partial charge in [-0.05, 0) is 35.4 Å². The molecular formula is C23H28N2O6. The first-order valence-electron chi connectivity index (χ1n) is 9.90. The zero-order chi connectivity index (χ0) is 22.5. The Kier molecular flexibility index (Phi) is 7.02. The van der Waals surface area contributed by atoms with Crippen LogP contribution in [0.5, 0.6) is 17.2 Å². The Labute approximate surface area is 182 Å². The quantitative estimate of drug-likeness (QED) is 0.650. The van der Waals surface area contributed by atoms with Gasteiger partial charge in [0.25, 0.3) is 5.91 Å². The zero-order valence-corrected chi connectivity index (χ0v) is 18.4. The van der Waals surface area contributed by atoms with Gasteiger partial charge in [0.1, 0.15) is 5.75 Å². The number of nitrogens with one attached hydrogen (secondary N) is 1. The third kappa shape index (κ3) is 4.29. The van der Waals surface area contributed by atoms with Crippen LogP contribution in [0.3, 0.4) is 0 Å². The molecule has 2 aromatic carbocycles. The van der Waals surface area contributed by atoms with Crippen molar-refractivity contribution in [2.75, 3.05) is 48.6 Å². The fourth-order valence-electron chi connectivity index (χ4n) is 3.94. The second-order valence-electron chi connectivity index (χ2n) is 7.19. The molecule has 166 valence electrons. The van der Waals surface area contributed by atoms with Crippen LogP contribution in [0, 0.1) is 0 Å². The summed E-state index contributed by atoms with van der Waals surface area (Å²) in [4.78, 5) is 28.2. The number of carbonyl (C=O) groups is 2. The number of rotatable bonds is 8. The molecule has 2 amide bonds. The molecule has 0 radical (unpaired) electrons. The lowest BCUT2D eigenvalue weighted by molar-refractivity contribution is -0.124. The van der Waals surface area contributed by atoms with Crippen LogP contribution < -0.4 is 19.5 Å². The maximum Gasteiger partial charge on any atom is 0.254 e. The lowest BCUT2D eigenvalue weighted by Gasteiger charge is -2.40. The number of carbonyl (C=O) groups excluding carboxylic acids is 2. The molecule has 3 rings (SSSR count). The van der Waals surface area contributed by atoms with Gasteiger partial charge in [-0.25, -0.2) is 0 Å². The van der Waals surface area contributed by atoms with Crippen molar-refractivity contribution in [1.82, 2.24) is 10.2 Å². The number of methoxy groups -OCH3 is 4. The maximum absolute atomic E-state index is 13.3. The molecular weight excluding hydrogens is 400 g/mol. The van der Waals surface area contributed by atoms with Gasteiger partial charge in [0.15, 0.2) is 11.5 Å². The van der Waals surface area contributed by atoms with Gasteiger partial charge in [0, 0.05) is 26.3 Å². The molecule has 0 spiro atoms. The van der Waals surface area contributed by atoms with Crippen LogP contribution in [0.25, 0.3) is 0 Å². The van der Waals surface area contributed by atoms with Crippen LogP contribution in [0.2, 0.25) is 0 Å². The molecule has 0 saturated carbocycles. The van der Waals surface area contributed by atoms with E-state index in [0.29, 0.717) is 41.5 Å². The van der Waals surface area contributed by atoms with Crippen LogP contribution in [-0.4, -0.2) is 65.4 Å². The number of ether oxygens (including phenoxy) is 4. The number of hydrogen-bond acceptors (Lipinski definition) is 6. The fraction of sp³-hybridized carbons (Fsp3) is 0.391. The Morgan fingerprint density at radius 1 is 1.00 bits per heavy atom. The summed E-state index contributed by atoms with van der Waals surface area (Å²) in [5.41, 5.74) is 1.83. The molecule has 1 heterocycles. The minimum absolute atomic E-state index is 0.197. The third-order valence-electron chi connectivity index (χ3n) is 5.52. The molecule has 1 N–H and O–H groups in total. The van der Waals surface area contributed by atoms with Crippen molar-refractivity contribution in [2.45, 2.75) is 12.0 Å². The largest absolute Gasteiger partial charge is 0.497 e. The smallest absolute Gasteiger partial charge is 0.254 e.